The van der Waals surface area contributed by atoms with Gasteiger partial charge in [-0.15, -0.1) is 0 Å². The van der Waals surface area contributed by atoms with E-state index < -0.39 is 78.1 Å². The lowest BCUT2D eigenvalue weighted by Gasteiger charge is -2.44. The van der Waals surface area contributed by atoms with Crippen LogP contribution in [0.2, 0.25) is 0 Å². The molecule has 0 aromatic rings. The van der Waals surface area contributed by atoms with E-state index in [4.69, 9.17) is 9.84 Å². The number of aliphatic hydroxyl groups excluding tert-OH is 3. The van der Waals surface area contributed by atoms with Crippen molar-refractivity contribution >= 4 is 35.6 Å². The van der Waals surface area contributed by atoms with Crippen LogP contribution >= 0.6 is 0 Å². The summed E-state index contributed by atoms with van der Waals surface area (Å²) in [6.07, 6.45) is -6.73. The van der Waals surface area contributed by atoms with Gasteiger partial charge in [-0.05, 0) is 20.3 Å². The fourth-order valence-electron chi connectivity index (χ4n) is 3.76. The van der Waals surface area contributed by atoms with Crippen molar-refractivity contribution in [3.8, 4) is 0 Å². The fourth-order valence-corrected chi connectivity index (χ4v) is 3.76. The molecule has 0 spiro atoms. The molecule has 0 aromatic heterocycles. The number of hydrogen-bond donors (Lipinski definition) is 7. The number of carbonyl (C=O) groups excluding carboxylic acids is 5. The number of rotatable bonds is 12. The Bertz CT molecular complexity index is 893. The number of esters is 1. The number of nitrogens with one attached hydrogen (secondary N) is 3. The second-order valence-corrected chi connectivity index (χ2v) is 9.25. The van der Waals surface area contributed by atoms with Gasteiger partial charge < -0.3 is 46.0 Å². The highest BCUT2D eigenvalue weighted by Gasteiger charge is 2.55. The maximum Gasteiger partial charge on any atom is 0.314 e. The number of carbonyl (C=O) groups is 6. The van der Waals surface area contributed by atoms with Crippen molar-refractivity contribution in [2.24, 2.45) is 5.41 Å². The highest BCUT2D eigenvalue weighted by Crippen LogP contribution is 2.29. The van der Waals surface area contributed by atoms with Crippen molar-refractivity contribution in [2.75, 3.05) is 19.7 Å². The maximum atomic E-state index is 12.6. The third kappa shape index (κ3) is 7.11. The van der Waals surface area contributed by atoms with Gasteiger partial charge in [-0.3, -0.25) is 28.8 Å². The summed E-state index contributed by atoms with van der Waals surface area (Å²) in [5, 5.41) is 46.2. The van der Waals surface area contributed by atoms with Crippen molar-refractivity contribution in [3.63, 3.8) is 0 Å². The standard InChI is InChI=1S/C21H32N4O11/c1-21(2,6-5-12(27)23-8-7-22-11(26)3-4-13(28)29)20(35)36-9-10-14(30)15(31)16(32)17-24-18(33)19(34)25(10)17/h10,14-17,30-32H,3-9H2,1-2H3,(H,22,26)(H,23,27)(H,24,33)(H,28,29)/t10-,14-,15+,16+,17+/m1/s1. The highest BCUT2D eigenvalue weighted by atomic mass is 16.5. The van der Waals surface area contributed by atoms with Crippen LogP contribution in [0.3, 0.4) is 0 Å². The van der Waals surface area contributed by atoms with Gasteiger partial charge in [0, 0.05) is 25.9 Å². The molecule has 36 heavy (non-hydrogen) atoms. The second-order valence-electron chi connectivity index (χ2n) is 9.25. The zero-order valence-electron chi connectivity index (χ0n) is 19.9. The molecule has 4 amide bonds. The number of ether oxygens (including phenoxy) is 1. The normalized spacial score (nSPS) is 25.6. The van der Waals surface area contributed by atoms with E-state index in [2.05, 4.69) is 16.0 Å². The minimum absolute atomic E-state index is 0.0584. The van der Waals surface area contributed by atoms with Crippen LogP contribution in [-0.4, -0.2) is 111 Å². The predicted octanol–water partition coefficient (Wildman–Crippen LogP) is -3.82. The third-order valence-corrected chi connectivity index (χ3v) is 6.03. The van der Waals surface area contributed by atoms with E-state index in [0.29, 0.717) is 0 Å². The molecule has 0 unspecified atom stereocenters. The number of hydrogen-bond acceptors (Lipinski definition) is 10. The smallest absolute Gasteiger partial charge is 0.314 e. The van der Waals surface area contributed by atoms with Gasteiger partial charge in [-0.2, -0.15) is 0 Å². The first-order valence-electron chi connectivity index (χ1n) is 11.4. The molecule has 2 aliphatic heterocycles. The van der Waals surface area contributed by atoms with E-state index in [1.165, 1.54) is 13.8 Å². The molecule has 2 rings (SSSR count). The largest absolute Gasteiger partial charge is 0.481 e. The van der Waals surface area contributed by atoms with Gasteiger partial charge in [-0.1, -0.05) is 0 Å². The van der Waals surface area contributed by atoms with Crippen LogP contribution < -0.4 is 16.0 Å². The Morgan fingerprint density at radius 1 is 0.944 bits per heavy atom. The highest BCUT2D eigenvalue weighted by molar-refractivity contribution is 6.37. The van der Waals surface area contributed by atoms with Crippen molar-refractivity contribution in [3.05, 3.63) is 0 Å². The van der Waals surface area contributed by atoms with E-state index in [9.17, 15) is 44.1 Å². The molecule has 2 aliphatic rings. The molecule has 2 saturated heterocycles. The third-order valence-electron chi connectivity index (χ3n) is 6.03. The minimum atomic E-state index is -1.69. The fraction of sp³-hybridized carbons (Fsp3) is 0.714. The van der Waals surface area contributed by atoms with Gasteiger partial charge in [0.25, 0.3) is 0 Å². The molecule has 0 radical (unpaired) electrons. The van der Waals surface area contributed by atoms with Gasteiger partial charge in [0.2, 0.25) is 11.8 Å². The molecule has 202 valence electrons. The Hall–Kier alpha value is -3.30. The van der Waals surface area contributed by atoms with E-state index in [-0.39, 0.29) is 38.8 Å². The summed E-state index contributed by atoms with van der Waals surface area (Å²) >= 11 is 0. The van der Waals surface area contributed by atoms with Crippen LogP contribution in [0.5, 0.6) is 0 Å². The van der Waals surface area contributed by atoms with Gasteiger partial charge in [0.1, 0.15) is 31.1 Å². The molecular weight excluding hydrogens is 484 g/mol. The number of aliphatic hydroxyl groups is 3. The molecule has 0 bridgehead atoms. The van der Waals surface area contributed by atoms with Gasteiger partial charge in [0.15, 0.2) is 0 Å². The zero-order chi connectivity index (χ0) is 27.2. The number of aliphatic carboxylic acids is 1. The monoisotopic (exact) mass is 516 g/mol. The number of amides is 4. The molecular formula is C21H32N4O11. The van der Waals surface area contributed by atoms with E-state index in [1.54, 1.807) is 0 Å². The van der Waals surface area contributed by atoms with Gasteiger partial charge in [0.05, 0.1) is 17.9 Å². The Morgan fingerprint density at radius 3 is 2.11 bits per heavy atom. The number of carboxylic acid groups (broad SMARTS) is 1. The number of piperidine rings is 1. The number of nitrogens with zero attached hydrogens (tertiary/aromatic N) is 1. The predicted molar refractivity (Wildman–Crippen MR) is 117 cm³/mol. The Kier molecular flexibility index (Phi) is 9.72. The quantitative estimate of drug-likeness (QED) is 0.0754. The SMILES string of the molecule is CC(C)(CCC(=O)NCCNC(=O)CCC(=O)O)C(=O)OC[C@@H]1[C@@H](O)[C@H](O)[C@H](O)[C@H]2NC(=O)C(=O)N12. The van der Waals surface area contributed by atoms with Crippen molar-refractivity contribution in [2.45, 2.75) is 70.1 Å². The average molecular weight is 517 g/mol. The first-order chi connectivity index (χ1) is 16.8. The summed E-state index contributed by atoms with van der Waals surface area (Å²) in [6.45, 7) is 2.70. The Morgan fingerprint density at radius 2 is 1.53 bits per heavy atom. The lowest BCUT2D eigenvalue weighted by molar-refractivity contribution is -0.184. The molecule has 0 saturated carbocycles. The Balaban J connectivity index is 1.79. The summed E-state index contributed by atoms with van der Waals surface area (Å²) in [6, 6.07) is -1.28. The number of fused-ring (bicyclic) bond motifs is 1. The van der Waals surface area contributed by atoms with Gasteiger partial charge >= 0.3 is 23.8 Å². The molecule has 2 fully saturated rings. The molecule has 15 heteroatoms. The molecule has 15 nitrogen and oxygen atoms in total. The zero-order valence-corrected chi connectivity index (χ0v) is 19.9. The molecule has 5 atom stereocenters. The van der Waals surface area contributed by atoms with Gasteiger partial charge in [-0.25, -0.2) is 0 Å². The average Bonchev–Trinajstić information content (AvgIpc) is 3.11. The summed E-state index contributed by atoms with van der Waals surface area (Å²) < 4.78 is 5.24. The lowest BCUT2D eigenvalue weighted by atomic mass is 9.87. The number of carboxylic acids is 1. The first-order valence-corrected chi connectivity index (χ1v) is 11.4. The minimum Gasteiger partial charge on any atom is -0.481 e. The molecule has 7 N–H and O–H groups in total. The van der Waals surface area contributed by atoms with Crippen LogP contribution in [0.15, 0.2) is 0 Å². The summed E-state index contributed by atoms with van der Waals surface area (Å²) in [7, 11) is 0. The summed E-state index contributed by atoms with van der Waals surface area (Å²) in [5.41, 5.74) is -1.15. The van der Waals surface area contributed by atoms with Crippen LogP contribution in [0.1, 0.15) is 39.5 Å². The van der Waals surface area contributed by atoms with Crippen LogP contribution in [0.4, 0.5) is 0 Å². The van der Waals surface area contributed by atoms with E-state index >= 15 is 0 Å². The van der Waals surface area contributed by atoms with Crippen LogP contribution in [-0.2, 0) is 33.5 Å². The summed E-state index contributed by atoms with van der Waals surface area (Å²) in [5.74, 6) is -4.76. The lowest BCUT2D eigenvalue weighted by Crippen LogP contribution is -2.68. The van der Waals surface area contributed by atoms with E-state index in [1.807, 2.05) is 0 Å². The van der Waals surface area contributed by atoms with Crippen LogP contribution in [0, 0.1) is 5.41 Å². The van der Waals surface area contributed by atoms with Crippen molar-refractivity contribution in [1.82, 2.24) is 20.9 Å². The van der Waals surface area contributed by atoms with E-state index in [0.717, 1.165) is 4.90 Å². The first kappa shape index (κ1) is 28.9. The molecule has 2 heterocycles. The topological polar surface area (TPSA) is 232 Å². The van der Waals surface area contributed by atoms with Crippen molar-refractivity contribution < 1.29 is 53.9 Å². The maximum absolute atomic E-state index is 12.6. The van der Waals surface area contributed by atoms with Crippen molar-refractivity contribution in [1.29, 1.82) is 0 Å². The van der Waals surface area contributed by atoms with Crippen LogP contribution in [0.25, 0.3) is 0 Å². The molecule has 0 aliphatic carbocycles. The second kappa shape index (κ2) is 12.1. The summed E-state index contributed by atoms with van der Waals surface area (Å²) in [4.78, 5) is 71.2. The molecule has 0 aromatic carbocycles. The Labute approximate surface area is 206 Å².